The van der Waals surface area contributed by atoms with Gasteiger partial charge in [0.2, 0.25) is 0 Å². The Morgan fingerprint density at radius 3 is 1.97 bits per heavy atom. The fourth-order valence-corrected chi connectivity index (χ4v) is 4.13. The summed E-state index contributed by atoms with van der Waals surface area (Å²) in [5, 5.41) is 9.64. The van der Waals surface area contributed by atoms with Gasteiger partial charge in [-0.15, -0.1) is 0 Å². The van der Waals surface area contributed by atoms with Crippen LogP contribution in [0.15, 0.2) is 78.9 Å². The van der Waals surface area contributed by atoms with E-state index in [2.05, 4.69) is 24.3 Å². The van der Waals surface area contributed by atoms with E-state index >= 15 is 0 Å². The summed E-state index contributed by atoms with van der Waals surface area (Å²) in [6.07, 6.45) is -0.383. The first-order chi connectivity index (χ1) is 14.6. The molecule has 4 rings (SSSR count). The maximum absolute atomic E-state index is 13.1. The van der Waals surface area contributed by atoms with Crippen molar-refractivity contribution in [2.24, 2.45) is 0 Å². The number of aliphatic carboxylic acids is 1. The van der Waals surface area contributed by atoms with Crippen LogP contribution >= 0.6 is 0 Å². The van der Waals surface area contributed by atoms with Gasteiger partial charge in [-0.3, -0.25) is 4.90 Å². The molecule has 0 bridgehead atoms. The van der Waals surface area contributed by atoms with Gasteiger partial charge in [0.25, 0.3) is 0 Å². The molecule has 1 unspecified atom stereocenters. The smallest absolute Gasteiger partial charge is 0.415 e. The van der Waals surface area contributed by atoms with E-state index in [0.717, 1.165) is 22.3 Å². The molecular formula is C25H23NO4. The summed E-state index contributed by atoms with van der Waals surface area (Å²) < 4.78 is 5.71. The molecule has 0 heterocycles. The summed E-state index contributed by atoms with van der Waals surface area (Å²) >= 11 is 0. The number of hydrogen-bond acceptors (Lipinski definition) is 3. The Balaban J connectivity index is 1.61. The van der Waals surface area contributed by atoms with Crippen LogP contribution in [0.1, 0.15) is 30.4 Å². The van der Waals surface area contributed by atoms with Crippen LogP contribution in [-0.2, 0) is 9.53 Å². The van der Waals surface area contributed by atoms with Gasteiger partial charge in [-0.2, -0.15) is 0 Å². The molecule has 0 radical (unpaired) electrons. The van der Waals surface area contributed by atoms with Crippen LogP contribution in [0.4, 0.5) is 10.5 Å². The van der Waals surface area contributed by atoms with Crippen LogP contribution in [0.2, 0.25) is 0 Å². The number of nitrogens with zero attached hydrogens (tertiary/aromatic N) is 1. The number of benzene rings is 3. The number of amides is 1. The Hall–Kier alpha value is -3.60. The van der Waals surface area contributed by atoms with Gasteiger partial charge in [0.15, 0.2) is 0 Å². The van der Waals surface area contributed by atoms with E-state index in [4.69, 9.17) is 4.74 Å². The standard InChI is InChI=1S/C25H23NO4/c1-2-23(24(27)28)26(17-10-4-3-5-11-17)25(29)30-16-22-20-14-8-6-12-18(20)19-13-7-9-15-21(19)22/h3-15,22-23H,2,16H2,1H3,(H,27,28). The zero-order valence-electron chi connectivity index (χ0n) is 16.7. The van der Waals surface area contributed by atoms with Crippen LogP contribution in [0.5, 0.6) is 0 Å². The number of carbonyl (C=O) groups excluding carboxylic acids is 1. The van der Waals surface area contributed by atoms with Gasteiger partial charge in [-0.05, 0) is 40.8 Å². The van der Waals surface area contributed by atoms with Gasteiger partial charge in [-0.25, -0.2) is 9.59 Å². The number of para-hydroxylation sites is 1. The maximum atomic E-state index is 13.1. The summed E-state index contributed by atoms with van der Waals surface area (Å²) in [4.78, 5) is 26.1. The highest BCUT2D eigenvalue weighted by Crippen LogP contribution is 2.44. The topological polar surface area (TPSA) is 66.8 Å². The molecule has 0 spiro atoms. The van der Waals surface area contributed by atoms with E-state index in [-0.39, 0.29) is 18.9 Å². The zero-order chi connectivity index (χ0) is 21.1. The number of rotatable bonds is 6. The minimum absolute atomic E-state index is 0.0797. The van der Waals surface area contributed by atoms with Crippen molar-refractivity contribution >= 4 is 17.7 Å². The fraction of sp³-hybridized carbons (Fsp3) is 0.200. The lowest BCUT2D eigenvalue weighted by molar-refractivity contribution is -0.138. The lowest BCUT2D eigenvalue weighted by atomic mass is 9.98. The van der Waals surface area contributed by atoms with Gasteiger partial charge < -0.3 is 9.84 Å². The number of fused-ring (bicyclic) bond motifs is 3. The highest BCUT2D eigenvalue weighted by molar-refractivity contribution is 5.95. The first-order valence-corrected chi connectivity index (χ1v) is 10.0. The summed E-state index contributed by atoms with van der Waals surface area (Å²) in [7, 11) is 0. The average Bonchev–Trinajstić information content (AvgIpc) is 3.10. The van der Waals surface area contributed by atoms with Gasteiger partial charge in [-0.1, -0.05) is 73.7 Å². The Morgan fingerprint density at radius 2 is 1.43 bits per heavy atom. The Kier molecular flexibility index (Phi) is 5.53. The van der Waals surface area contributed by atoms with Gasteiger partial charge in [0.05, 0.1) is 0 Å². The van der Waals surface area contributed by atoms with E-state index in [1.165, 1.54) is 4.90 Å². The fourth-order valence-electron chi connectivity index (χ4n) is 4.13. The monoisotopic (exact) mass is 401 g/mol. The Bertz CT molecular complexity index is 1020. The zero-order valence-corrected chi connectivity index (χ0v) is 16.7. The van der Waals surface area contributed by atoms with Crippen LogP contribution in [0, 0.1) is 0 Å². The van der Waals surface area contributed by atoms with E-state index < -0.39 is 18.1 Å². The third kappa shape index (κ3) is 3.54. The van der Waals surface area contributed by atoms with Gasteiger partial charge >= 0.3 is 12.1 Å². The van der Waals surface area contributed by atoms with Gasteiger partial charge in [0.1, 0.15) is 12.6 Å². The van der Waals surface area contributed by atoms with Crippen molar-refractivity contribution in [2.75, 3.05) is 11.5 Å². The van der Waals surface area contributed by atoms with E-state index in [9.17, 15) is 14.7 Å². The average molecular weight is 401 g/mol. The molecule has 30 heavy (non-hydrogen) atoms. The molecular weight excluding hydrogens is 378 g/mol. The molecule has 1 aliphatic rings. The normalized spacial score (nSPS) is 13.2. The lowest BCUT2D eigenvalue weighted by Crippen LogP contribution is -2.45. The van der Waals surface area contributed by atoms with E-state index in [1.54, 1.807) is 31.2 Å². The molecule has 0 fully saturated rings. The number of carbonyl (C=O) groups is 2. The molecule has 5 nitrogen and oxygen atoms in total. The van der Waals surface area contributed by atoms with Crippen LogP contribution in [-0.4, -0.2) is 29.8 Å². The minimum Gasteiger partial charge on any atom is -0.480 e. The molecule has 152 valence electrons. The second kappa shape index (κ2) is 8.41. The molecule has 1 amide bonds. The molecule has 1 N–H and O–H groups in total. The second-order valence-electron chi connectivity index (χ2n) is 7.27. The van der Waals surface area contributed by atoms with Crippen LogP contribution < -0.4 is 4.90 Å². The Morgan fingerprint density at radius 1 is 0.900 bits per heavy atom. The summed E-state index contributed by atoms with van der Waals surface area (Å²) in [6, 6.07) is 24.0. The highest BCUT2D eigenvalue weighted by atomic mass is 16.6. The molecule has 0 saturated heterocycles. The van der Waals surface area contributed by atoms with Crippen molar-refractivity contribution in [3.8, 4) is 11.1 Å². The van der Waals surface area contributed by atoms with Crippen molar-refractivity contribution in [1.29, 1.82) is 0 Å². The van der Waals surface area contributed by atoms with E-state index in [0.29, 0.717) is 5.69 Å². The number of hydrogen-bond donors (Lipinski definition) is 1. The van der Waals surface area contributed by atoms with E-state index in [1.807, 2.05) is 30.3 Å². The summed E-state index contributed by atoms with van der Waals surface area (Å²) in [5.74, 6) is -1.14. The predicted molar refractivity (Wildman–Crippen MR) is 116 cm³/mol. The SMILES string of the molecule is CCC(C(=O)O)N(C(=O)OCC1c2ccccc2-c2ccccc21)c1ccccc1. The lowest BCUT2D eigenvalue weighted by Gasteiger charge is -2.28. The summed E-state index contributed by atoms with van der Waals surface area (Å²) in [5.41, 5.74) is 5.02. The molecule has 3 aromatic carbocycles. The number of anilines is 1. The quantitative estimate of drug-likeness (QED) is 0.608. The molecule has 0 aromatic heterocycles. The number of carboxylic acids is 1. The minimum atomic E-state index is -1.06. The maximum Gasteiger partial charge on any atom is 0.415 e. The predicted octanol–water partition coefficient (Wildman–Crippen LogP) is 5.31. The third-order valence-corrected chi connectivity index (χ3v) is 5.55. The molecule has 0 saturated carbocycles. The molecule has 1 atom stereocenters. The number of ether oxygens (including phenoxy) is 1. The third-order valence-electron chi connectivity index (χ3n) is 5.55. The van der Waals surface area contributed by atoms with Crippen molar-refractivity contribution in [1.82, 2.24) is 0 Å². The van der Waals surface area contributed by atoms with Crippen molar-refractivity contribution in [3.05, 3.63) is 90.0 Å². The van der Waals surface area contributed by atoms with Crippen LogP contribution in [0.3, 0.4) is 0 Å². The molecule has 3 aromatic rings. The number of carboxylic acid groups (broad SMARTS) is 1. The highest BCUT2D eigenvalue weighted by Gasteiger charge is 2.33. The molecule has 0 aliphatic heterocycles. The Labute approximate surface area is 175 Å². The first-order valence-electron chi connectivity index (χ1n) is 10.0. The second-order valence-corrected chi connectivity index (χ2v) is 7.27. The van der Waals surface area contributed by atoms with Gasteiger partial charge in [0, 0.05) is 11.6 Å². The van der Waals surface area contributed by atoms with Crippen molar-refractivity contribution < 1.29 is 19.4 Å². The van der Waals surface area contributed by atoms with Crippen molar-refractivity contribution in [2.45, 2.75) is 25.3 Å². The van der Waals surface area contributed by atoms with Crippen molar-refractivity contribution in [3.63, 3.8) is 0 Å². The summed E-state index contributed by atoms with van der Waals surface area (Å²) in [6.45, 7) is 1.89. The van der Waals surface area contributed by atoms with Crippen LogP contribution in [0.25, 0.3) is 11.1 Å². The molecule has 5 heteroatoms. The molecule has 1 aliphatic carbocycles. The largest absolute Gasteiger partial charge is 0.480 e. The first kappa shape index (κ1) is 19.7.